The molecule has 130 valence electrons. The van der Waals surface area contributed by atoms with Crippen molar-refractivity contribution in [3.8, 4) is 5.69 Å². The van der Waals surface area contributed by atoms with Crippen molar-refractivity contribution in [2.24, 2.45) is 0 Å². The molecule has 0 saturated carbocycles. The Labute approximate surface area is 144 Å². The summed E-state index contributed by atoms with van der Waals surface area (Å²) in [5.41, 5.74) is 1.29. The van der Waals surface area contributed by atoms with Gasteiger partial charge in [0.1, 0.15) is 18.0 Å². The Kier molecular flexibility index (Phi) is 4.29. The highest BCUT2D eigenvalue weighted by molar-refractivity contribution is 5.87. The molecule has 0 amide bonds. The summed E-state index contributed by atoms with van der Waals surface area (Å²) in [6, 6.07) is 6.29. The predicted octanol–water partition coefficient (Wildman–Crippen LogP) is 1.07. The first-order valence-electron chi connectivity index (χ1n) is 8.29. The lowest BCUT2D eigenvalue weighted by Gasteiger charge is -2.35. The van der Waals surface area contributed by atoms with Crippen molar-refractivity contribution < 1.29 is 9.50 Å². The van der Waals surface area contributed by atoms with E-state index in [1.54, 1.807) is 23.0 Å². The average Bonchev–Trinajstić information content (AvgIpc) is 3.07. The van der Waals surface area contributed by atoms with E-state index in [9.17, 15) is 4.39 Å². The number of β-amino-alcohol motifs (C(OH)–C–C–N with tert-alkyl or cyclic N) is 1. The van der Waals surface area contributed by atoms with Crippen LogP contribution in [0.5, 0.6) is 0 Å². The Morgan fingerprint density at radius 1 is 1.12 bits per heavy atom. The molecule has 8 heteroatoms. The van der Waals surface area contributed by atoms with Crippen LogP contribution in [0.15, 0.2) is 36.8 Å². The topological polar surface area (TPSA) is 70.3 Å². The second kappa shape index (κ2) is 6.73. The molecule has 0 unspecified atom stereocenters. The van der Waals surface area contributed by atoms with E-state index in [0.717, 1.165) is 37.4 Å². The van der Waals surface area contributed by atoms with Gasteiger partial charge in [0.05, 0.1) is 23.9 Å². The molecule has 1 fully saturated rings. The molecule has 3 aromatic rings. The van der Waals surface area contributed by atoms with Crippen LogP contribution in [-0.4, -0.2) is 69.1 Å². The second-order valence-electron chi connectivity index (χ2n) is 6.02. The molecule has 1 aliphatic rings. The molecule has 1 aromatic carbocycles. The number of nitrogens with zero attached hydrogens (tertiary/aromatic N) is 6. The maximum Gasteiger partial charge on any atom is 0.168 e. The van der Waals surface area contributed by atoms with Crippen molar-refractivity contribution in [1.29, 1.82) is 0 Å². The molecule has 0 bridgehead atoms. The van der Waals surface area contributed by atoms with Gasteiger partial charge in [0.15, 0.2) is 5.65 Å². The van der Waals surface area contributed by atoms with Gasteiger partial charge in [-0.3, -0.25) is 4.90 Å². The number of rotatable bonds is 4. The number of piperazine rings is 1. The minimum atomic E-state index is -0.310. The van der Waals surface area contributed by atoms with E-state index >= 15 is 0 Å². The quantitative estimate of drug-likeness (QED) is 0.765. The lowest BCUT2D eigenvalue weighted by Crippen LogP contribution is -2.47. The molecule has 1 aliphatic heterocycles. The summed E-state index contributed by atoms with van der Waals surface area (Å²) >= 11 is 0. The van der Waals surface area contributed by atoms with Gasteiger partial charge in [-0.05, 0) is 18.2 Å². The highest BCUT2D eigenvalue weighted by atomic mass is 19.1. The number of hydrogen-bond acceptors (Lipinski definition) is 6. The maximum atomic E-state index is 13.5. The Balaban J connectivity index is 1.66. The Morgan fingerprint density at radius 3 is 2.72 bits per heavy atom. The molecule has 0 spiro atoms. The second-order valence-corrected chi connectivity index (χ2v) is 6.02. The van der Waals surface area contributed by atoms with E-state index in [2.05, 4.69) is 24.9 Å². The summed E-state index contributed by atoms with van der Waals surface area (Å²) in [5, 5.41) is 14.3. The summed E-state index contributed by atoms with van der Waals surface area (Å²) in [7, 11) is 0. The lowest BCUT2D eigenvalue weighted by atomic mass is 10.2. The largest absolute Gasteiger partial charge is 0.395 e. The molecule has 1 saturated heterocycles. The third kappa shape index (κ3) is 3.06. The smallest absolute Gasteiger partial charge is 0.168 e. The van der Waals surface area contributed by atoms with Gasteiger partial charge >= 0.3 is 0 Å². The lowest BCUT2D eigenvalue weighted by molar-refractivity contribution is 0.188. The minimum absolute atomic E-state index is 0.179. The Hall–Kier alpha value is -2.58. The third-order valence-electron chi connectivity index (χ3n) is 4.49. The molecular weight excluding hydrogens is 323 g/mol. The van der Waals surface area contributed by atoms with Crippen molar-refractivity contribution in [1.82, 2.24) is 24.6 Å². The Bertz CT molecular complexity index is 874. The summed E-state index contributed by atoms with van der Waals surface area (Å²) < 4.78 is 15.2. The van der Waals surface area contributed by atoms with Gasteiger partial charge in [0.25, 0.3) is 0 Å². The molecule has 0 aliphatic carbocycles. The fraction of sp³-hybridized carbons (Fsp3) is 0.353. The summed E-state index contributed by atoms with van der Waals surface area (Å²) in [6.07, 6.45) is 3.25. The van der Waals surface area contributed by atoms with Crippen LogP contribution in [0.3, 0.4) is 0 Å². The highest BCUT2D eigenvalue weighted by Crippen LogP contribution is 2.25. The first-order valence-corrected chi connectivity index (χ1v) is 8.29. The van der Waals surface area contributed by atoms with Crippen LogP contribution in [-0.2, 0) is 0 Å². The normalized spacial score (nSPS) is 15.8. The molecule has 0 atom stereocenters. The molecule has 25 heavy (non-hydrogen) atoms. The van der Waals surface area contributed by atoms with Gasteiger partial charge in [0.2, 0.25) is 0 Å². The van der Waals surface area contributed by atoms with Crippen molar-refractivity contribution in [2.45, 2.75) is 0 Å². The van der Waals surface area contributed by atoms with Crippen LogP contribution >= 0.6 is 0 Å². The summed E-state index contributed by atoms with van der Waals surface area (Å²) in [6.45, 7) is 4.30. The zero-order valence-electron chi connectivity index (χ0n) is 13.7. The number of fused-ring (bicyclic) bond motifs is 1. The number of hydrogen-bond donors (Lipinski definition) is 1. The van der Waals surface area contributed by atoms with Crippen LogP contribution < -0.4 is 4.90 Å². The highest BCUT2D eigenvalue weighted by Gasteiger charge is 2.21. The Morgan fingerprint density at radius 2 is 1.96 bits per heavy atom. The molecule has 3 heterocycles. The van der Waals surface area contributed by atoms with Gasteiger partial charge in [-0.1, -0.05) is 6.07 Å². The van der Waals surface area contributed by atoms with Crippen molar-refractivity contribution in [3.63, 3.8) is 0 Å². The molecule has 1 N–H and O–H groups in total. The van der Waals surface area contributed by atoms with Gasteiger partial charge in [-0.2, -0.15) is 5.10 Å². The number of benzene rings is 1. The van der Waals surface area contributed by atoms with Crippen LogP contribution in [0.25, 0.3) is 16.7 Å². The summed E-state index contributed by atoms with van der Waals surface area (Å²) in [4.78, 5) is 13.2. The summed E-state index contributed by atoms with van der Waals surface area (Å²) in [5.74, 6) is 0.534. The molecule has 7 nitrogen and oxygen atoms in total. The third-order valence-corrected chi connectivity index (χ3v) is 4.49. The monoisotopic (exact) mass is 342 g/mol. The zero-order chi connectivity index (χ0) is 17.2. The zero-order valence-corrected chi connectivity index (χ0v) is 13.7. The van der Waals surface area contributed by atoms with E-state index in [-0.39, 0.29) is 12.4 Å². The van der Waals surface area contributed by atoms with Gasteiger partial charge < -0.3 is 10.0 Å². The van der Waals surface area contributed by atoms with E-state index in [4.69, 9.17) is 5.11 Å². The number of anilines is 1. The van der Waals surface area contributed by atoms with Crippen LogP contribution in [0.2, 0.25) is 0 Å². The SMILES string of the molecule is OCCN1CCN(c2ncnc3c2cnn3-c2cccc(F)c2)CC1. The van der Waals surface area contributed by atoms with Gasteiger partial charge in [0, 0.05) is 32.7 Å². The first kappa shape index (κ1) is 15.9. The number of aromatic nitrogens is 4. The van der Waals surface area contributed by atoms with Gasteiger partial charge in [-0.25, -0.2) is 19.0 Å². The van der Waals surface area contributed by atoms with Crippen LogP contribution in [0, 0.1) is 5.82 Å². The molecule has 4 rings (SSSR count). The molecule has 0 radical (unpaired) electrons. The minimum Gasteiger partial charge on any atom is -0.395 e. The van der Waals surface area contributed by atoms with E-state index in [0.29, 0.717) is 17.9 Å². The average molecular weight is 342 g/mol. The first-order chi connectivity index (χ1) is 12.3. The van der Waals surface area contributed by atoms with Crippen molar-refractivity contribution >= 4 is 16.9 Å². The number of aliphatic hydroxyl groups is 1. The predicted molar refractivity (Wildman–Crippen MR) is 92.4 cm³/mol. The fourth-order valence-electron chi connectivity index (χ4n) is 3.21. The van der Waals surface area contributed by atoms with Crippen molar-refractivity contribution in [2.75, 3.05) is 44.2 Å². The molecular formula is C17H19FN6O. The fourth-order valence-corrected chi connectivity index (χ4v) is 3.21. The van der Waals surface area contributed by atoms with E-state index in [1.807, 2.05) is 0 Å². The number of halogens is 1. The van der Waals surface area contributed by atoms with Gasteiger partial charge in [-0.15, -0.1) is 0 Å². The van der Waals surface area contributed by atoms with E-state index < -0.39 is 0 Å². The maximum absolute atomic E-state index is 13.5. The van der Waals surface area contributed by atoms with Crippen LogP contribution in [0.4, 0.5) is 10.2 Å². The van der Waals surface area contributed by atoms with Crippen molar-refractivity contribution in [3.05, 3.63) is 42.6 Å². The number of aliphatic hydroxyl groups excluding tert-OH is 1. The standard InChI is InChI=1S/C17H19FN6O/c18-13-2-1-3-14(10-13)24-17-15(11-21-24)16(19-12-20-17)23-6-4-22(5-7-23)8-9-25/h1-3,10-12,25H,4-9H2. The van der Waals surface area contributed by atoms with Crippen LogP contribution in [0.1, 0.15) is 0 Å². The van der Waals surface area contributed by atoms with E-state index in [1.165, 1.54) is 18.5 Å². The molecule has 2 aromatic heterocycles.